The fourth-order valence-corrected chi connectivity index (χ4v) is 3.63. The van der Waals surface area contributed by atoms with Gasteiger partial charge in [-0.3, -0.25) is 0 Å². The Labute approximate surface area is 128 Å². The summed E-state index contributed by atoms with van der Waals surface area (Å²) in [5.74, 6) is 2.14. The zero-order chi connectivity index (χ0) is 14.2. The summed E-state index contributed by atoms with van der Waals surface area (Å²) in [7, 11) is 0. The van der Waals surface area contributed by atoms with Crippen molar-refractivity contribution >= 4 is 34.3 Å². The molecule has 0 spiro atoms. The number of aromatic nitrogens is 1. The maximum absolute atomic E-state index is 4.65. The third-order valence-corrected chi connectivity index (χ3v) is 4.71. The molecule has 3 heterocycles. The van der Waals surface area contributed by atoms with E-state index in [1.54, 1.807) is 11.9 Å². The summed E-state index contributed by atoms with van der Waals surface area (Å²) >= 11 is 1.66. The van der Waals surface area contributed by atoms with Crippen molar-refractivity contribution in [3.05, 3.63) is 54.4 Å². The molecule has 0 saturated carbocycles. The lowest BCUT2D eigenvalue weighted by atomic mass is 10.0. The van der Waals surface area contributed by atoms with E-state index in [0.717, 1.165) is 24.7 Å². The predicted octanol–water partition coefficient (Wildman–Crippen LogP) is 3.93. The molecule has 4 rings (SSSR count). The molecule has 2 aromatic rings. The van der Waals surface area contributed by atoms with E-state index < -0.39 is 0 Å². The van der Waals surface area contributed by atoms with Crippen LogP contribution in [0.1, 0.15) is 12.5 Å². The monoisotopic (exact) mass is 295 g/mol. The summed E-state index contributed by atoms with van der Waals surface area (Å²) in [6, 6.07) is 8.89. The van der Waals surface area contributed by atoms with Gasteiger partial charge in [0.05, 0.1) is 0 Å². The van der Waals surface area contributed by atoms with E-state index in [9.17, 15) is 0 Å². The predicted molar refractivity (Wildman–Crippen MR) is 91.3 cm³/mol. The Kier molecular flexibility index (Phi) is 3.11. The molecular formula is C17H17N3S. The van der Waals surface area contributed by atoms with E-state index in [1.165, 1.54) is 22.0 Å². The van der Waals surface area contributed by atoms with Gasteiger partial charge in [-0.1, -0.05) is 6.07 Å². The van der Waals surface area contributed by atoms with E-state index >= 15 is 0 Å². The molecule has 21 heavy (non-hydrogen) atoms. The first-order chi connectivity index (χ1) is 10.4. The lowest BCUT2D eigenvalue weighted by Gasteiger charge is -2.29. The maximum Gasteiger partial charge on any atom is 0.148 e. The molecule has 0 radical (unpaired) electrons. The van der Waals surface area contributed by atoms with Gasteiger partial charge in [0.1, 0.15) is 5.84 Å². The van der Waals surface area contributed by atoms with Gasteiger partial charge < -0.3 is 9.47 Å². The van der Waals surface area contributed by atoms with Crippen LogP contribution in [0.25, 0.3) is 16.5 Å². The standard InChI is InChI=1S/C17H17N3S/c1-2-19-9-7-14-12-13(5-6-16(14)19)15-4-3-8-20-10-11-21-18-17(15)20/h3-9,12H,2,10-11H2,1H3. The van der Waals surface area contributed by atoms with Crippen molar-refractivity contribution in [1.82, 2.24) is 9.47 Å². The van der Waals surface area contributed by atoms with E-state index in [4.69, 9.17) is 0 Å². The maximum atomic E-state index is 4.65. The van der Waals surface area contributed by atoms with Gasteiger partial charge in [0.2, 0.25) is 0 Å². The fourth-order valence-electron chi connectivity index (χ4n) is 2.94. The number of fused-ring (bicyclic) bond motifs is 2. The summed E-state index contributed by atoms with van der Waals surface area (Å²) in [4.78, 5) is 2.24. The lowest BCUT2D eigenvalue weighted by Crippen LogP contribution is -2.32. The summed E-state index contributed by atoms with van der Waals surface area (Å²) in [6.07, 6.45) is 8.56. The number of aryl methyl sites for hydroxylation is 1. The van der Waals surface area contributed by atoms with Crippen LogP contribution in [0.15, 0.2) is 53.2 Å². The van der Waals surface area contributed by atoms with Gasteiger partial charge in [0.25, 0.3) is 0 Å². The van der Waals surface area contributed by atoms with Crippen LogP contribution < -0.4 is 0 Å². The minimum Gasteiger partial charge on any atom is -0.348 e. The SMILES string of the molecule is CCn1ccc2cc(C3=CC=CN4CCSN=C34)ccc21. The Morgan fingerprint density at radius 1 is 1.29 bits per heavy atom. The first-order valence-electron chi connectivity index (χ1n) is 7.31. The molecule has 0 saturated heterocycles. The van der Waals surface area contributed by atoms with Crippen LogP contribution in [0.2, 0.25) is 0 Å². The highest BCUT2D eigenvalue weighted by molar-refractivity contribution is 7.98. The quantitative estimate of drug-likeness (QED) is 0.782. The van der Waals surface area contributed by atoms with Gasteiger partial charge in [-0.25, -0.2) is 0 Å². The van der Waals surface area contributed by atoms with Crippen molar-refractivity contribution in [2.24, 2.45) is 4.40 Å². The number of rotatable bonds is 2. The number of nitrogens with zero attached hydrogens (tertiary/aromatic N) is 3. The van der Waals surface area contributed by atoms with Gasteiger partial charge in [-0.2, -0.15) is 4.40 Å². The second kappa shape index (κ2) is 5.11. The van der Waals surface area contributed by atoms with E-state index in [1.807, 2.05) is 0 Å². The normalized spacial score (nSPS) is 17.7. The van der Waals surface area contributed by atoms with Crippen LogP contribution in [0.3, 0.4) is 0 Å². The zero-order valence-corrected chi connectivity index (χ0v) is 12.8. The van der Waals surface area contributed by atoms with Crippen molar-refractivity contribution in [2.45, 2.75) is 13.5 Å². The molecule has 0 atom stereocenters. The molecule has 0 aliphatic carbocycles. The lowest BCUT2D eigenvalue weighted by molar-refractivity contribution is 0.594. The molecule has 1 aromatic heterocycles. The Bertz CT molecular complexity index is 782. The molecule has 4 heteroatoms. The average Bonchev–Trinajstić information content (AvgIpc) is 2.96. The van der Waals surface area contributed by atoms with Crippen molar-refractivity contribution in [3.63, 3.8) is 0 Å². The number of hydrogen-bond donors (Lipinski definition) is 0. The highest BCUT2D eigenvalue weighted by Gasteiger charge is 2.21. The Balaban J connectivity index is 1.80. The number of benzene rings is 1. The van der Waals surface area contributed by atoms with Gasteiger partial charge in [0, 0.05) is 47.7 Å². The molecule has 106 valence electrons. The van der Waals surface area contributed by atoms with Crippen molar-refractivity contribution in [3.8, 4) is 0 Å². The summed E-state index contributed by atoms with van der Waals surface area (Å²) in [5, 5.41) is 1.29. The molecular weight excluding hydrogens is 278 g/mol. The van der Waals surface area contributed by atoms with Crippen LogP contribution in [-0.2, 0) is 6.54 Å². The van der Waals surface area contributed by atoms with Crippen LogP contribution in [0.5, 0.6) is 0 Å². The molecule has 2 aliphatic rings. The van der Waals surface area contributed by atoms with Crippen LogP contribution in [0, 0.1) is 0 Å². The van der Waals surface area contributed by atoms with Crippen molar-refractivity contribution in [2.75, 3.05) is 12.3 Å². The molecule has 0 amide bonds. The first kappa shape index (κ1) is 12.8. The number of amidine groups is 1. The topological polar surface area (TPSA) is 20.5 Å². The molecule has 3 nitrogen and oxygen atoms in total. The first-order valence-corrected chi connectivity index (χ1v) is 8.26. The fraction of sp³-hybridized carbons (Fsp3) is 0.235. The molecule has 0 fully saturated rings. The molecule has 0 bridgehead atoms. The van der Waals surface area contributed by atoms with E-state index in [-0.39, 0.29) is 0 Å². The highest BCUT2D eigenvalue weighted by atomic mass is 32.2. The van der Waals surface area contributed by atoms with Crippen LogP contribution in [0.4, 0.5) is 0 Å². The highest BCUT2D eigenvalue weighted by Crippen LogP contribution is 2.29. The number of hydrogen-bond acceptors (Lipinski definition) is 3. The van der Waals surface area contributed by atoms with Crippen LogP contribution >= 0.6 is 11.9 Å². The molecule has 0 unspecified atom stereocenters. The third-order valence-electron chi connectivity index (χ3n) is 4.04. The summed E-state index contributed by atoms with van der Waals surface area (Å²) in [5.41, 5.74) is 3.76. The van der Waals surface area contributed by atoms with E-state index in [0.29, 0.717) is 0 Å². The Hall–Kier alpha value is -1.94. The van der Waals surface area contributed by atoms with Crippen LogP contribution in [-0.4, -0.2) is 27.6 Å². The Morgan fingerprint density at radius 3 is 3.14 bits per heavy atom. The average molecular weight is 295 g/mol. The number of allylic oxidation sites excluding steroid dienone is 2. The zero-order valence-electron chi connectivity index (χ0n) is 12.0. The van der Waals surface area contributed by atoms with Crippen molar-refractivity contribution in [1.29, 1.82) is 0 Å². The Morgan fingerprint density at radius 2 is 2.24 bits per heavy atom. The molecule has 2 aliphatic heterocycles. The largest absolute Gasteiger partial charge is 0.348 e. The van der Waals surface area contributed by atoms with Gasteiger partial charge >= 0.3 is 0 Å². The van der Waals surface area contributed by atoms with Crippen molar-refractivity contribution < 1.29 is 0 Å². The summed E-state index contributed by atoms with van der Waals surface area (Å²) in [6.45, 7) is 4.21. The van der Waals surface area contributed by atoms with Gasteiger partial charge in [0.15, 0.2) is 0 Å². The minimum absolute atomic E-state index is 1.01. The summed E-state index contributed by atoms with van der Waals surface area (Å²) < 4.78 is 6.92. The smallest absolute Gasteiger partial charge is 0.148 e. The second-order valence-electron chi connectivity index (χ2n) is 5.24. The molecule has 0 N–H and O–H groups in total. The second-order valence-corrected chi connectivity index (χ2v) is 6.09. The minimum atomic E-state index is 1.01. The van der Waals surface area contributed by atoms with Gasteiger partial charge in [-0.15, -0.1) is 0 Å². The third kappa shape index (κ3) is 2.10. The van der Waals surface area contributed by atoms with E-state index in [2.05, 4.69) is 69.6 Å². The molecule has 1 aromatic carbocycles. The van der Waals surface area contributed by atoms with Gasteiger partial charge in [-0.05, 0) is 54.8 Å².